The molecule has 130 valence electrons. The number of hydrogen-bond donors (Lipinski definition) is 0. The summed E-state index contributed by atoms with van der Waals surface area (Å²) in [7, 11) is 2.49. The third kappa shape index (κ3) is 3.37. The molecule has 1 atom stereocenters. The van der Waals surface area contributed by atoms with Crippen LogP contribution in [0.2, 0.25) is 0 Å². The van der Waals surface area contributed by atoms with Crippen LogP contribution in [0.15, 0.2) is 35.4 Å². The van der Waals surface area contributed by atoms with Gasteiger partial charge in [0.25, 0.3) is 0 Å². The third-order valence-corrected chi connectivity index (χ3v) is 5.11. The number of nitrogens with zero attached hydrogens (tertiary/aromatic N) is 2. The molecule has 2 aromatic rings. The van der Waals surface area contributed by atoms with E-state index >= 15 is 0 Å². The van der Waals surface area contributed by atoms with Crippen LogP contribution < -0.4 is 0 Å². The number of rotatable bonds is 4. The highest BCUT2D eigenvalue weighted by molar-refractivity contribution is 8.00. The average Bonchev–Trinajstić information content (AvgIpc) is 3.02. The molecule has 0 N–H and O–H groups in total. The Morgan fingerprint density at radius 3 is 2.36 bits per heavy atom. The Kier molecular flexibility index (Phi) is 5.03. The van der Waals surface area contributed by atoms with E-state index in [-0.39, 0.29) is 0 Å². The van der Waals surface area contributed by atoms with E-state index in [0.29, 0.717) is 23.2 Å². The first-order valence-electron chi connectivity index (χ1n) is 7.83. The summed E-state index contributed by atoms with van der Waals surface area (Å²) in [5.74, 6) is -2.10. The SMILES string of the molecule is COC(=O)C(C(=O)OC)c1nc(-c2ccccc2)nc2c1CC(C)S2. The smallest absolute Gasteiger partial charge is 0.326 e. The van der Waals surface area contributed by atoms with Gasteiger partial charge in [0.2, 0.25) is 0 Å². The van der Waals surface area contributed by atoms with E-state index in [9.17, 15) is 9.59 Å². The third-order valence-electron chi connectivity index (χ3n) is 3.98. The first kappa shape index (κ1) is 17.4. The van der Waals surface area contributed by atoms with Crippen LogP contribution in [0.4, 0.5) is 0 Å². The lowest BCUT2D eigenvalue weighted by molar-refractivity contribution is -0.154. The summed E-state index contributed by atoms with van der Waals surface area (Å²) < 4.78 is 9.63. The van der Waals surface area contributed by atoms with Crippen molar-refractivity contribution >= 4 is 23.7 Å². The van der Waals surface area contributed by atoms with Gasteiger partial charge in [0, 0.05) is 16.4 Å². The van der Waals surface area contributed by atoms with Crippen molar-refractivity contribution in [3.63, 3.8) is 0 Å². The molecule has 0 bridgehead atoms. The van der Waals surface area contributed by atoms with Crippen LogP contribution in [0.5, 0.6) is 0 Å². The highest BCUT2D eigenvalue weighted by Gasteiger charge is 2.38. The van der Waals surface area contributed by atoms with Gasteiger partial charge in [0.15, 0.2) is 11.7 Å². The quantitative estimate of drug-likeness (QED) is 0.472. The molecule has 7 heteroatoms. The lowest BCUT2D eigenvalue weighted by Crippen LogP contribution is -2.27. The standard InChI is InChI=1S/C18H18N2O4S/c1-10-9-12-14(13(17(21)23-2)18(22)24-3)19-15(20-16(12)25-10)11-7-5-4-6-8-11/h4-8,10,13H,9H2,1-3H3. The van der Waals surface area contributed by atoms with Gasteiger partial charge in [-0.3, -0.25) is 9.59 Å². The number of fused-ring (bicyclic) bond motifs is 1. The van der Waals surface area contributed by atoms with Gasteiger partial charge in [-0.2, -0.15) is 0 Å². The maximum absolute atomic E-state index is 12.3. The van der Waals surface area contributed by atoms with Crippen LogP contribution in [0.1, 0.15) is 24.1 Å². The number of hydrogen-bond acceptors (Lipinski definition) is 7. The molecule has 0 fully saturated rings. The molecule has 0 saturated carbocycles. The topological polar surface area (TPSA) is 78.4 Å². The number of esters is 2. The fourth-order valence-electron chi connectivity index (χ4n) is 2.80. The molecule has 3 rings (SSSR count). The van der Waals surface area contributed by atoms with Crippen LogP contribution >= 0.6 is 11.8 Å². The molecule has 0 spiro atoms. The van der Waals surface area contributed by atoms with Gasteiger partial charge in [0.1, 0.15) is 5.03 Å². The fourth-order valence-corrected chi connectivity index (χ4v) is 3.90. The van der Waals surface area contributed by atoms with Crippen LogP contribution in [-0.4, -0.2) is 41.4 Å². The van der Waals surface area contributed by atoms with Crippen molar-refractivity contribution < 1.29 is 19.1 Å². The zero-order valence-corrected chi connectivity index (χ0v) is 15.0. The van der Waals surface area contributed by atoms with Gasteiger partial charge < -0.3 is 9.47 Å². The minimum atomic E-state index is -1.21. The monoisotopic (exact) mass is 358 g/mol. The number of carbonyl (C=O) groups is 2. The molecular weight excluding hydrogens is 340 g/mol. The zero-order valence-electron chi connectivity index (χ0n) is 14.2. The molecular formula is C18H18N2O4S. The maximum atomic E-state index is 12.3. The second-order valence-corrected chi connectivity index (χ2v) is 7.12. The molecule has 2 heterocycles. The van der Waals surface area contributed by atoms with Crippen LogP contribution in [-0.2, 0) is 25.5 Å². The Bertz CT molecular complexity index is 794. The first-order valence-corrected chi connectivity index (χ1v) is 8.71. The summed E-state index contributed by atoms with van der Waals surface area (Å²) in [6.07, 6.45) is 0.689. The lowest BCUT2D eigenvalue weighted by atomic mass is 9.98. The summed E-state index contributed by atoms with van der Waals surface area (Å²) in [4.78, 5) is 33.7. The van der Waals surface area contributed by atoms with Crippen molar-refractivity contribution in [1.82, 2.24) is 9.97 Å². The van der Waals surface area contributed by atoms with Crippen LogP contribution in [0.25, 0.3) is 11.4 Å². The Hall–Kier alpha value is -2.41. The zero-order chi connectivity index (χ0) is 18.0. The number of benzene rings is 1. The Labute approximate surface area is 150 Å². The maximum Gasteiger partial charge on any atom is 0.326 e. The second kappa shape index (κ2) is 7.23. The number of ether oxygens (including phenoxy) is 2. The average molecular weight is 358 g/mol. The normalized spacial score (nSPS) is 15.8. The van der Waals surface area contributed by atoms with Crippen molar-refractivity contribution in [2.45, 2.75) is 29.5 Å². The highest BCUT2D eigenvalue weighted by atomic mass is 32.2. The second-order valence-electron chi connectivity index (χ2n) is 5.69. The fraction of sp³-hybridized carbons (Fsp3) is 0.333. The van der Waals surface area contributed by atoms with Gasteiger partial charge in [-0.15, -0.1) is 11.8 Å². The number of carbonyl (C=O) groups excluding carboxylic acids is 2. The van der Waals surface area contributed by atoms with Crippen molar-refractivity contribution in [2.75, 3.05) is 14.2 Å². The lowest BCUT2D eigenvalue weighted by Gasteiger charge is -2.16. The predicted octanol–water partition coefficient (Wildman–Crippen LogP) is 2.61. The van der Waals surface area contributed by atoms with Crippen molar-refractivity contribution in [2.24, 2.45) is 0 Å². The Morgan fingerprint density at radius 1 is 1.12 bits per heavy atom. The van der Waals surface area contributed by atoms with Gasteiger partial charge >= 0.3 is 11.9 Å². The molecule has 25 heavy (non-hydrogen) atoms. The van der Waals surface area contributed by atoms with Crippen LogP contribution in [0.3, 0.4) is 0 Å². The molecule has 1 aliphatic heterocycles. The van der Waals surface area contributed by atoms with E-state index in [4.69, 9.17) is 9.47 Å². The van der Waals surface area contributed by atoms with Crippen molar-refractivity contribution in [1.29, 1.82) is 0 Å². The number of methoxy groups -OCH3 is 2. The molecule has 0 amide bonds. The van der Waals surface area contributed by atoms with E-state index in [0.717, 1.165) is 16.2 Å². The summed E-state index contributed by atoms with van der Waals surface area (Å²) in [6, 6.07) is 9.46. The van der Waals surface area contributed by atoms with Crippen molar-refractivity contribution in [3.8, 4) is 11.4 Å². The molecule has 1 aliphatic rings. The predicted molar refractivity (Wildman–Crippen MR) is 93.3 cm³/mol. The van der Waals surface area contributed by atoms with Gasteiger partial charge in [-0.1, -0.05) is 37.3 Å². The van der Waals surface area contributed by atoms with E-state index in [1.165, 1.54) is 14.2 Å². The number of thioether (sulfide) groups is 1. The molecule has 6 nitrogen and oxygen atoms in total. The Balaban J connectivity index is 2.19. The molecule has 1 aromatic heterocycles. The summed E-state index contributed by atoms with van der Waals surface area (Å²) in [6.45, 7) is 2.07. The molecule has 0 aliphatic carbocycles. The van der Waals surface area contributed by atoms with E-state index in [2.05, 4.69) is 16.9 Å². The van der Waals surface area contributed by atoms with Crippen LogP contribution in [0, 0.1) is 0 Å². The van der Waals surface area contributed by atoms with Gasteiger partial charge in [0.05, 0.1) is 19.9 Å². The molecule has 0 saturated heterocycles. The minimum Gasteiger partial charge on any atom is -0.468 e. The summed E-state index contributed by atoms with van der Waals surface area (Å²) in [5.41, 5.74) is 2.01. The van der Waals surface area contributed by atoms with Gasteiger partial charge in [-0.25, -0.2) is 9.97 Å². The Morgan fingerprint density at radius 2 is 1.76 bits per heavy atom. The minimum absolute atomic E-state index is 0.296. The van der Waals surface area contributed by atoms with E-state index < -0.39 is 17.9 Å². The first-order chi connectivity index (χ1) is 12.0. The number of aromatic nitrogens is 2. The van der Waals surface area contributed by atoms with Gasteiger partial charge in [-0.05, 0) is 6.42 Å². The molecule has 1 aromatic carbocycles. The summed E-state index contributed by atoms with van der Waals surface area (Å²) in [5, 5.41) is 1.10. The van der Waals surface area contributed by atoms with Crippen molar-refractivity contribution in [3.05, 3.63) is 41.6 Å². The van der Waals surface area contributed by atoms with E-state index in [1.54, 1.807) is 11.8 Å². The molecule has 1 unspecified atom stereocenters. The highest BCUT2D eigenvalue weighted by Crippen LogP contribution is 2.40. The molecule has 0 radical (unpaired) electrons. The summed E-state index contributed by atoms with van der Waals surface area (Å²) >= 11 is 1.61. The largest absolute Gasteiger partial charge is 0.468 e. The van der Waals surface area contributed by atoms with E-state index in [1.807, 2.05) is 30.3 Å².